The highest BCUT2D eigenvalue weighted by molar-refractivity contribution is 5.98. The monoisotopic (exact) mass is 310 g/mol. The van der Waals surface area contributed by atoms with Gasteiger partial charge in [-0.25, -0.2) is 10.9 Å². The van der Waals surface area contributed by atoms with E-state index in [4.69, 9.17) is 0 Å². The van der Waals surface area contributed by atoms with Crippen LogP contribution in [-0.2, 0) is 9.59 Å². The molecular weight excluding hydrogens is 292 g/mol. The Kier molecular flexibility index (Phi) is 4.65. The maximum absolute atomic E-state index is 12.2. The number of hydrogen-bond donors (Lipinski definition) is 4. The molecule has 1 heterocycles. The summed E-state index contributed by atoms with van der Waals surface area (Å²) in [5.41, 5.74) is 7.21. The van der Waals surface area contributed by atoms with Gasteiger partial charge >= 0.3 is 0 Å². The Morgan fingerprint density at radius 3 is 1.52 bits per heavy atom. The highest BCUT2D eigenvalue weighted by atomic mass is 16.2. The molecule has 2 amide bonds. The largest absolute Gasteiger partial charge is 0.325 e. The first kappa shape index (κ1) is 15.2. The van der Waals surface area contributed by atoms with E-state index in [-0.39, 0.29) is 11.8 Å². The van der Waals surface area contributed by atoms with Crippen LogP contribution in [0.1, 0.15) is 6.42 Å². The average Bonchev–Trinajstić information content (AvgIpc) is 3.07. The van der Waals surface area contributed by atoms with Crippen LogP contribution in [0.15, 0.2) is 60.7 Å². The summed E-state index contributed by atoms with van der Waals surface area (Å²) in [5, 5.41) is 5.64. The smallest absolute Gasteiger partial charge is 0.242 e. The van der Waals surface area contributed by atoms with Crippen molar-refractivity contribution in [2.45, 2.75) is 18.5 Å². The summed E-state index contributed by atoms with van der Waals surface area (Å²) < 4.78 is 0. The van der Waals surface area contributed by atoms with Crippen LogP contribution in [0.5, 0.6) is 0 Å². The van der Waals surface area contributed by atoms with E-state index in [1.165, 1.54) is 0 Å². The van der Waals surface area contributed by atoms with Crippen molar-refractivity contribution in [3.8, 4) is 0 Å². The maximum Gasteiger partial charge on any atom is 0.242 e. The second-order valence-electron chi connectivity index (χ2n) is 5.34. The lowest BCUT2D eigenvalue weighted by Crippen LogP contribution is -2.42. The zero-order chi connectivity index (χ0) is 16.1. The molecular formula is C17H18N4O2. The van der Waals surface area contributed by atoms with Crippen LogP contribution < -0.4 is 21.5 Å². The van der Waals surface area contributed by atoms with Crippen LogP contribution >= 0.6 is 0 Å². The molecule has 0 radical (unpaired) electrons. The Labute approximate surface area is 134 Å². The molecule has 0 saturated carbocycles. The van der Waals surface area contributed by atoms with Crippen molar-refractivity contribution >= 4 is 23.2 Å². The molecule has 6 heteroatoms. The van der Waals surface area contributed by atoms with Crippen molar-refractivity contribution < 1.29 is 9.59 Å². The van der Waals surface area contributed by atoms with Gasteiger partial charge in [-0.15, -0.1) is 0 Å². The number of nitrogens with one attached hydrogen (secondary N) is 4. The third-order valence-corrected chi connectivity index (χ3v) is 3.62. The van der Waals surface area contributed by atoms with Gasteiger partial charge in [0.25, 0.3) is 0 Å². The highest BCUT2D eigenvalue weighted by Gasteiger charge is 2.33. The number of amides is 2. The van der Waals surface area contributed by atoms with E-state index >= 15 is 0 Å². The first-order valence-electron chi connectivity index (χ1n) is 7.45. The first-order valence-corrected chi connectivity index (χ1v) is 7.45. The van der Waals surface area contributed by atoms with E-state index in [2.05, 4.69) is 21.5 Å². The molecule has 4 N–H and O–H groups in total. The molecule has 23 heavy (non-hydrogen) atoms. The SMILES string of the molecule is O=C(Nc1ccccc1)C1CC(C(=O)Nc2ccccc2)NN1. The zero-order valence-corrected chi connectivity index (χ0v) is 12.5. The predicted octanol–water partition coefficient (Wildman–Crippen LogP) is 1.50. The lowest BCUT2D eigenvalue weighted by atomic mass is 10.1. The van der Waals surface area contributed by atoms with E-state index < -0.39 is 12.1 Å². The molecule has 0 aliphatic carbocycles. The maximum atomic E-state index is 12.2. The van der Waals surface area contributed by atoms with Crippen molar-refractivity contribution in [3.63, 3.8) is 0 Å². The van der Waals surface area contributed by atoms with Crippen LogP contribution in [0.25, 0.3) is 0 Å². The molecule has 2 aromatic carbocycles. The molecule has 6 nitrogen and oxygen atoms in total. The van der Waals surface area contributed by atoms with Gasteiger partial charge < -0.3 is 10.6 Å². The highest BCUT2D eigenvalue weighted by Crippen LogP contribution is 2.12. The summed E-state index contributed by atoms with van der Waals surface area (Å²) in [6.07, 6.45) is 0.386. The fraction of sp³-hybridized carbons (Fsp3) is 0.176. The lowest BCUT2D eigenvalue weighted by molar-refractivity contribution is -0.118. The van der Waals surface area contributed by atoms with Crippen LogP contribution in [0.4, 0.5) is 11.4 Å². The van der Waals surface area contributed by atoms with E-state index in [0.29, 0.717) is 6.42 Å². The lowest BCUT2D eigenvalue weighted by Gasteiger charge is -2.11. The minimum Gasteiger partial charge on any atom is -0.325 e. The second-order valence-corrected chi connectivity index (χ2v) is 5.34. The van der Waals surface area contributed by atoms with Gasteiger partial charge in [-0.3, -0.25) is 9.59 Å². The normalized spacial score (nSPS) is 20.0. The van der Waals surface area contributed by atoms with Crippen molar-refractivity contribution in [2.75, 3.05) is 10.6 Å². The molecule has 118 valence electrons. The zero-order valence-electron chi connectivity index (χ0n) is 12.5. The Balaban J connectivity index is 1.53. The van der Waals surface area contributed by atoms with Gasteiger partial charge in [0.05, 0.1) is 0 Å². The third-order valence-electron chi connectivity index (χ3n) is 3.62. The molecule has 2 atom stereocenters. The number of carbonyl (C=O) groups is 2. The quantitative estimate of drug-likeness (QED) is 0.690. The molecule has 1 aliphatic rings. The molecule has 0 spiro atoms. The molecule has 0 aromatic heterocycles. The first-order chi connectivity index (χ1) is 11.2. The minimum absolute atomic E-state index is 0.168. The van der Waals surface area contributed by atoms with E-state index in [1.54, 1.807) is 0 Å². The number of carbonyl (C=O) groups excluding carboxylic acids is 2. The topological polar surface area (TPSA) is 82.3 Å². The van der Waals surface area contributed by atoms with Crippen LogP contribution in [0, 0.1) is 0 Å². The molecule has 3 rings (SSSR count). The number of rotatable bonds is 4. The minimum atomic E-state index is -0.457. The second kappa shape index (κ2) is 7.04. The van der Waals surface area contributed by atoms with Gasteiger partial charge in [-0.2, -0.15) is 0 Å². The molecule has 1 fully saturated rings. The summed E-state index contributed by atoms with van der Waals surface area (Å²) in [5.74, 6) is -0.336. The Morgan fingerprint density at radius 2 is 1.13 bits per heavy atom. The van der Waals surface area contributed by atoms with Crippen molar-refractivity contribution in [3.05, 3.63) is 60.7 Å². The Hall–Kier alpha value is -2.70. The number of hydrazine groups is 1. The molecule has 0 bridgehead atoms. The van der Waals surface area contributed by atoms with Crippen LogP contribution in [0.3, 0.4) is 0 Å². The van der Waals surface area contributed by atoms with E-state index in [0.717, 1.165) is 11.4 Å². The van der Waals surface area contributed by atoms with Crippen molar-refractivity contribution in [1.82, 2.24) is 10.9 Å². The van der Waals surface area contributed by atoms with Gasteiger partial charge in [0.15, 0.2) is 0 Å². The van der Waals surface area contributed by atoms with Crippen LogP contribution in [-0.4, -0.2) is 23.9 Å². The number of para-hydroxylation sites is 2. The third kappa shape index (κ3) is 3.94. The fourth-order valence-corrected chi connectivity index (χ4v) is 2.40. The summed E-state index contributed by atoms with van der Waals surface area (Å²) >= 11 is 0. The molecule has 1 saturated heterocycles. The van der Waals surface area contributed by atoms with Gasteiger partial charge in [0.2, 0.25) is 11.8 Å². The summed E-state index contributed by atoms with van der Waals surface area (Å²) in [7, 11) is 0. The average molecular weight is 310 g/mol. The predicted molar refractivity (Wildman–Crippen MR) is 88.6 cm³/mol. The number of anilines is 2. The van der Waals surface area contributed by atoms with Gasteiger partial charge in [0.1, 0.15) is 12.1 Å². The molecule has 2 aromatic rings. The van der Waals surface area contributed by atoms with Gasteiger partial charge in [-0.1, -0.05) is 36.4 Å². The molecule has 1 aliphatic heterocycles. The summed E-state index contributed by atoms with van der Waals surface area (Å²) in [4.78, 5) is 24.4. The van der Waals surface area contributed by atoms with Crippen molar-refractivity contribution in [1.29, 1.82) is 0 Å². The summed E-state index contributed by atoms with van der Waals surface area (Å²) in [6.45, 7) is 0. The molecule has 2 unspecified atom stereocenters. The number of benzene rings is 2. The fourth-order valence-electron chi connectivity index (χ4n) is 2.40. The standard InChI is InChI=1S/C17H18N4O2/c22-16(18-12-7-3-1-4-8-12)14-11-15(21-20-14)17(23)19-13-9-5-2-6-10-13/h1-10,14-15,20-21H,11H2,(H,18,22)(H,19,23). The van der Waals surface area contributed by atoms with Gasteiger partial charge in [-0.05, 0) is 30.7 Å². The van der Waals surface area contributed by atoms with E-state index in [9.17, 15) is 9.59 Å². The summed E-state index contributed by atoms with van der Waals surface area (Å²) in [6, 6.07) is 17.5. The number of hydrogen-bond acceptors (Lipinski definition) is 4. The Bertz CT molecular complexity index is 616. The van der Waals surface area contributed by atoms with E-state index in [1.807, 2.05) is 60.7 Å². The Morgan fingerprint density at radius 1 is 0.739 bits per heavy atom. The van der Waals surface area contributed by atoms with Crippen molar-refractivity contribution in [2.24, 2.45) is 0 Å². The van der Waals surface area contributed by atoms with Gasteiger partial charge in [0, 0.05) is 11.4 Å². The van der Waals surface area contributed by atoms with Crippen LogP contribution in [0.2, 0.25) is 0 Å².